The van der Waals surface area contributed by atoms with Crippen LogP contribution in [0.25, 0.3) is 0 Å². The molecule has 0 saturated heterocycles. The molecule has 3 rings (SSSR count). The third kappa shape index (κ3) is 3.32. The number of terminal acetylenes is 1. The van der Waals surface area contributed by atoms with Crippen molar-refractivity contribution in [1.29, 1.82) is 0 Å². The molecule has 0 spiro atoms. The second-order valence-corrected chi connectivity index (χ2v) is 9.35. The molecule has 1 saturated carbocycles. The molecule has 1 fully saturated rings. The van der Waals surface area contributed by atoms with Gasteiger partial charge in [0.15, 0.2) is 0 Å². The summed E-state index contributed by atoms with van der Waals surface area (Å²) in [7, 11) is 0. The lowest BCUT2D eigenvalue weighted by Gasteiger charge is -2.56. The minimum atomic E-state index is -1.29. The van der Waals surface area contributed by atoms with Gasteiger partial charge in [-0.25, -0.2) is 0 Å². The molecule has 0 radical (unpaired) electrons. The third-order valence-corrected chi connectivity index (χ3v) is 7.78. The maximum Gasteiger partial charge on any atom is 0.145 e. The van der Waals surface area contributed by atoms with E-state index in [0.717, 1.165) is 38.5 Å². The molecule has 3 nitrogen and oxygen atoms in total. The lowest BCUT2D eigenvalue weighted by molar-refractivity contribution is -0.119. The van der Waals surface area contributed by atoms with Crippen molar-refractivity contribution in [2.75, 3.05) is 0 Å². The number of hydrogen-bond donors (Lipinski definition) is 2. The van der Waals surface area contributed by atoms with E-state index < -0.39 is 17.1 Å². The van der Waals surface area contributed by atoms with Gasteiger partial charge in [-0.3, -0.25) is 4.79 Å². The lowest BCUT2D eigenvalue weighted by atomic mass is 9.50. The molecule has 3 heteroatoms. The number of nitrogens with two attached hydrogens (primary N) is 1. The third-order valence-electron chi connectivity index (χ3n) is 7.78. The number of allylic oxidation sites excluding steroid dienone is 3. The molecule has 0 aromatic carbocycles. The van der Waals surface area contributed by atoms with Crippen LogP contribution >= 0.6 is 0 Å². The molecule has 6 unspecified atom stereocenters. The van der Waals surface area contributed by atoms with Crippen LogP contribution in [-0.4, -0.2) is 22.5 Å². The zero-order chi connectivity index (χ0) is 19.8. The van der Waals surface area contributed by atoms with Crippen molar-refractivity contribution in [3.05, 3.63) is 23.8 Å². The highest BCUT2D eigenvalue weighted by Crippen LogP contribution is 2.59. The number of rotatable bonds is 5. The smallest absolute Gasteiger partial charge is 0.145 e. The summed E-state index contributed by atoms with van der Waals surface area (Å²) in [6.45, 7) is 8.12. The predicted molar refractivity (Wildman–Crippen MR) is 110 cm³/mol. The van der Waals surface area contributed by atoms with Gasteiger partial charge in [-0.05, 0) is 62.7 Å². The van der Waals surface area contributed by atoms with E-state index in [1.165, 1.54) is 5.57 Å². The Morgan fingerprint density at radius 1 is 1.44 bits per heavy atom. The Balaban J connectivity index is 1.98. The fourth-order valence-electron chi connectivity index (χ4n) is 6.41. The van der Waals surface area contributed by atoms with Crippen LogP contribution in [0.5, 0.6) is 0 Å². The van der Waals surface area contributed by atoms with Crippen molar-refractivity contribution in [1.82, 2.24) is 0 Å². The molecule has 0 heterocycles. The summed E-state index contributed by atoms with van der Waals surface area (Å²) in [5, 5.41) is 11.5. The fourth-order valence-corrected chi connectivity index (χ4v) is 6.41. The summed E-state index contributed by atoms with van der Waals surface area (Å²) in [6.07, 6.45) is 15.6. The van der Waals surface area contributed by atoms with Gasteiger partial charge in [-0.15, -0.1) is 13.0 Å². The van der Waals surface area contributed by atoms with Gasteiger partial charge in [-0.2, -0.15) is 0 Å². The van der Waals surface area contributed by atoms with E-state index in [-0.39, 0.29) is 0 Å². The van der Waals surface area contributed by atoms with Gasteiger partial charge in [-0.1, -0.05) is 37.0 Å². The molecule has 0 amide bonds. The SMILES string of the molecule is C#CC(O)(C(N)CC)C1(C)CC(CC=C)C2C3=C(CCC2C1)CC(=O)CC3. The first-order valence-electron chi connectivity index (χ1n) is 10.6. The van der Waals surface area contributed by atoms with Crippen LogP contribution in [0.15, 0.2) is 23.8 Å². The Kier molecular flexibility index (Phi) is 5.71. The quantitative estimate of drug-likeness (QED) is 0.565. The van der Waals surface area contributed by atoms with Crippen molar-refractivity contribution in [2.45, 2.75) is 83.3 Å². The van der Waals surface area contributed by atoms with E-state index in [9.17, 15) is 9.90 Å². The van der Waals surface area contributed by atoms with Crippen LogP contribution < -0.4 is 5.73 Å². The Morgan fingerprint density at radius 3 is 2.81 bits per heavy atom. The topological polar surface area (TPSA) is 63.3 Å². The fraction of sp³-hybridized carbons (Fsp3) is 0.708. The summed E-state index contributed by atoms with van der Waals surface area (Å²) in [5.41, 5.74) is 7.60. The standard InChI is InChI=1S/C24H35NO2/c1-5-8-17-14-23(4,24(27,7-3)21(25)6-2)15-18-10-9-16-13-19(26)11-12-20(16)22(17)18/h3,5,17-18,21-22,27H,1,6,8-15,25H2,2,4H3. The molecule has 0 bridgehead atoms. The van der Waals surface area contributed by atoms with Crippen LogP contribution in [0.4, 0.5) is 0 Å². The zero-order valence-corrected chi connectivity index (χ0v) is 17.0. The number of carbonyl (C=O) groups is 1. The molecule has 0 aromatic heterocycles. The Morgan fingerprint density at radius 2 is 2.19 bits per heavy atom. The molecule has 3 aliphatic carbocycles. The van der Waals surface area contributed by atoms with Gasteiger partial charge in [0.05, 0.1) is 0 Å². The van der Waals surface area contributed by atoms with Crippen molar-refractivity contribution < 1.29 is 9.90 Å². The van der Waals surface area contributed by atoms with Crippen LogP contribution in [0.3, 0.4) is 0 Å². The first kappa shape index (κ1) is 20.4. The van der Waals surface area contributed by atoms with Crippen LogP contribution in [-0.2, 0) is 4.79 Å². The van der Waals surface area contributed by atoms with Crippen LogP contribution in [0.1, 0.15) is 71.6 Å². The molecule has 3 N–H and O–H groups in total. The number of fused-ring (bicyclic) bond motifs is 2. The van der Waals surface area contributed by atoms with E-state index in [1.54, 1.807) is 5.57 Å². The van der Waals surface area contributed by atoms with Gasteiger partial charge in [0.25, 0.3) is 0 Å². The summed E-state index contributed by atoms with van der Waals surface area (Å²) < 4.78 is 0. The van der Waals surface area contributed by atoms with E-state index in [2.05, 4.69) is 19.4 Å². The Labute approximate surface area is 164 Å². The summed E-state index contributed by atoms with van der Waals surface area (Å²) in [6, 6.07) is -0.417. The largest absolute Gasteiger partial charge is 0.375 e. The highest BCUT2D eigenvalue weighted by molar-refractivity contribution is 5.82. The average molecular weight is 370 g/mol. The van der Waals surface area contributed by atoms with E-state index in [1.807, 2.05) is 13.0 Å². The first-order valence-corrected chi connectivity index (χ1v) is 10.6. The number of Topliss-reactive ketones (excluding diaryl/α,β-unsaturated/α-hetero) is 1. The zero-order valence-electron chi connectivity index (χ0n) is 17.0. The highest BCUT2D eigenvalue weighted by atomic mass is 16.3. The monoisotopic (exact) mass is 369 g/mol. The molecule has 27 heavy (non-hydrogen) atoms. The maximum atomic E-state index is 11.9. The number of carbonyl (C=O) groups excluding carboxylic acids is 1. The number of aliphatic hydroxyl groups is 1. The van der Waals surface area contributed by atoms with Gasteiger partial charge >= 0.3 is 0 Å². The summed E-state index contributed by atoms with van der Waals surface area (Å²) in [5.74, 6) is 4.52. The minimum absolute atomic E-state index is 0.392. The summed E-state index contributed by atoms with van der Waals surface area (Å²) in [4.78, 5) is 11.9. The van der Waals surface area contributed by atoms with Crippen molar-refractivity contribution >= 4 is 5.78 Å². The van der Waals surface area contributed by atoms with Crippen molar-refractivity contribution in [3.8, 4) is 12.3 Å². The second kappa shape index (κ2) is 7.57. The second-order valence-electron chi connectivity index (χ2n) is 9.35. The van der Waals surface area contributed by atoms with Gasteiger partial charge in [0.1, 0.15) is 11.4 Å². The van der Waals surface area contributed by atoms with Crippen LogP contribution in [0, 0.1) is 35.5 Å². The molecule has 0 aromatic rings. The molecular weight excluding hydrogens is 334 g/mol. The molecule has 148 valence electrons. The molecule has 3 aliphatic rings. The molecule has 6 atom stereocenters. The summed E-state index contributed by atoms with van der Waals surface area (Å²) >= 11 is 0. The van der Waals surface area contributed by atoms with E-state index in [4.69, 9.17) is 12.2 Å². The number of hydrogen-bond acceptors (Lipinski definition) is 3. The number of ketones is 1. The molecular formula is C24H35NO2. The lowest BCUT2D eigenvalue weighted by Crippen LogP contribution is -2.61. The minimum Gasteiger partial charge on any atom is -0.375 e. The van der Waals surface area contributed by atoms with Gasteiger partial charge in [0, 0.05) is 24.3 Å². The Hall–Kier alpha value is -1.37. The Bertz CT molecular complexity index is 687. The highest BCUT2D eigenvalue weighted by Gasteiger charge is 2.56. The van der Waals surface area contributed by atoms with E-state index in [0.29, 0.717) is 42.8 Å². The normalized spacial score (nSPS) is 36.9. The predicted octanol–water partition coefficient (Wildman–Crippen LogP) is 4.16. The average Bonchev–Trinajstić information content (AvgIpc) is 2.66. The van der Waals surface area contributed by atoms with E-state index >= 15 is 0 Å². The van der Waals surface area contributed by atoms with Crippen molar-refractivity contribution in [3.63, 3.8) is 0 Å². The van der Waals surface area contributed by atoms with Gasteiger partial charge < -0.3 is 10.8 Å². The molecule has 0 aliphatic heterocycles. The first-order chi connectivity index (χ1) is 12.8. The maximum absolute atomic E-state index is 11.9. The van der Waals surface area contributed by atoms with Crippen LogP contribution in [0.2, 0.25) is 0 Å². The van der Waals surface area contributed by atoms with Crippen molar-refractivity contribution in [2.24, 2.45) is 28.9 Å². The van der Waals surface area contributed by atoms with Gasteiger partial charge in [0.2, 0.25) is 0 Å².